The number of nitrogens with zero attached hydrogens (tertiary/aromatic N) is 4. The summed E-state index contributed by atoms with van der Waals surface area (Å²) < 4.78 is 7.54. The van der Waals surface area contributed by atoms with Crippen LogP contribution < -0.4 is 4.74 Å². The smallest absolute Gasteiger partial charge is 0.271 e. The molecule has 0 saturated heterocycles. The average molecular weight is 495 g/mol. The largest absolute Gasteiger partial charge is 0.491 e. The van der Waals surface area contributed by atoms with Crippen LogP contribution in [0.3, 0.4) is 0 Å². The summed E-state index contributed by atoms with van der Waals surface area (Å²) in [5, 5.41) is 14.6. The molecule has 0 fully saturated rings. The van der Waals surface area contributed by atoms with Crippen LogP contribution in [-0.4, -0.2) is 38.6 Å². The van der Waals surface area contributed by atoms with Crippen molar-refractivity contribution < 1.29 is 14.3 Å². The molecule has 37 heavy (non-hydrogen) atoms. The third-order valence-corrected chi connectivity index (χ3v) is 6.37. The fourth-order valence-electron chi connectivity index (χ4n) is 4.23. The van der Waals surface area contributed by atoms with E-state index in [2.05, 4.69) is 0 Å². The number of rotatable bonds is 7. The number of hydrogen-bond acceptors (Lipinski definition) is 5. The molecule has 2 heterocycles. The van der Waals surface area contributed by atoms with Crippen LogP contribution in [0.1, 0.15) is 46.6 Å². The van der Waals surface area contributed by atoms with E-state index in [0.717, 1.165) is 17.0 Å². The molecule has 1 unspecified atom stereocenters. The fraction of sp³-hybridized carbons (Fsp3) is 0.267. The van der Waals surface area contributed by atoms with Crippen molar-refractivity contribution in [2.75, 3.05) is 0 Å². The molecule has 1 aromatic heterocycles. The first kappa shape index (κ1) is 25.6. The van der Waals surface area contributed by atoms with Crippen LogP contribution in [0, 0.1) is 11.3 Å². The van der Waals surface area contributed by atoms with Gasteiger partial charge < -0.3 is 4.74 Å². The maximum absolute atomic E-state index is 13.5. The topological polar surface area (TPSA) is 88.2 Å². The van der Waals surface area contributed by atoms with Gasteiger partial charge in [-0.15, -0.1) is 0 Å². The Morgan fingerprint density at radius 1 is 1.03 bits per heavy atom. The minimum absolute atomic E-state index is 0.0154. The van der Waals surface area contributed by atoms with E-state index < -0.39 is 11.8 Å². The highest BCUT2D eigenvalue weighted by Gasteiger charge is 2.37. The zero-order valence-electron chi connectivity index (χ0n) is 21.7. The zero-order valence-corrected chi connectivity index (χ0v) is 21.7. The molecule has 4 rings (SSSR count). The lowest BCUT2D eigenvalue weighted by Gasteiger charge is -2.31. The second-order valence-corrected chi connectivity index (χ2v) is 9.31. The molecule has 1 aliphatic rings. The fourth-order valence-corrected chi connectivity index (χ4v) is 4.23. The number of carbonyl (C=O) groups excluding carboxylic acids is 2. The van der Waals surface area contributed by atoms with Crippen molar-refractivity contribution in [3.05, 3.63) is 83.1 Å². The molecular formula is C30H30N4O3. The van der Waals surface area contributed by atoms with E-state index in [1.165, 1.54) is 4.90 Å². The quantitative estimate of drug-likeness (QED) is 0.310. The molecule has 0 aliphatic carbocycles. The Labute approximate surface area is 217 Å². The summed E-state index contributed by atoms with van der Waals surface area (Å²) in [6.45, 7) is 9.30. The highest BCUT2D eigenvalue weighted by molar-refractivity contribution is 6.20. The number of amides is 2. The van der Waals surface area contributed by atoms with Crippen molar-refractivity contribution in [1.29, 1.82) is 5.26 Å². The number of carbonyl (C=O) groups is 2. The minimum Gasteiger partial charge on any atom is -0.491 e. The van der Waals surface area contributed by atoms with E-state index in [-0.39, 0.29) is 17.7 Å². The summed E-state index contributed by atoms with van der Waals surface area (Å²) in [7, 11) is 0. The van der Waals surface area contributed by atoms with Crippen molar-refractivity contribution in [2.45, 2.75) is 53.2 Å². The van der Waals surface area contributed by atoms with Gasteiger partial charge >= 0.3 is 0 Å². The molecule has 0 radical (unpaired) electrons. The van der Waals surface area contributed by atoms with Gasteiger partial charge in [0.05, 0.1) is 17.5 Å². The third-order valence-electron chi connectivity index (χ3n) is 6.37. The molecule has 1 atom stereocenters. The van der Waals surface area contributed by atoms with E-state index in [1.807, 2.05) is 94.6 Å². The molecule has 0 saturated carbocycles. The van der Waals surface area contributed by atoms with Gasteiger partial charge in [-0.1, -0.05) is 25.1 Å². The number of hydrogen-bond donors (Lipinski definition) is 0. The predicted molar refractivity (Wildman–Crippen MR) is 143 cm³/mol. The molecule has 3 aromatic rings. The molecule has 2 amide bonds. The van der Waals surface area contributed by atoms with Crippen LogP contribution >= 0.6 is 0 Å². The third kappa shape index (κ3) is 5.10. The Bertz CT molecular complexity index is 1420. The van der Waals surface area contributed by atoms with E-state index in [4.69, 9.17) is 9.84 Å². The van der Waals surface area contributed by atoms with Gasteiger partial charge in [-0.3, -0.25) is 14.5 Å². The van der Waals surface area contributed by atoms with Crippen molar-refractivity contribution in [3.63, 3.8) is 0 Å². The zero-order chi connectivity index (χ0) is 26.7. The van der Waals surface area contributed by atoms with E-state index >= 15 is 0 Å². The second-order valence-electron chi connectivity index (χ2n) is 9.31. The molecule has 7 heteroatoms. The van der Waals surface area contributed by atoms with Gasteiger partial charge in [0.2, 0.25) is 0 Å². The number of benzene rings is 2. The summed E-state index contributed by atoms with van der Waals surface area (Å²) in [4.78, 5) is 27.7. The van der Waals surface area contributed by atoms with E-state index in [0.29, 0.717) is 28.8 Å². The molecule has 188 valence electrons. The van der Waals surface area contributed by atoms with Gasteiger partial charge in [-0.25, -0.2) is 4.68 Å². The van der Waals surface area contributed by atoms with Crippen molar-refractivity contribution in [2.24, 2.45) is 0 Å². The van der Waals surface area contributed by atoms with Crippen molar-refractivity contribution in [1.82, 2.24) is 14.7 Å². The van der Waals surface area contributed by atoms with Crippen LogP contribution in [0.5, 0.6) is 5.75 Å². The summed E-state index contributed by atoms with van der Waals surface area (Å²) in [5.74, 6) is -0.198. The summed E-state index contributed by atoms with van der Waals surface area (Å²) in [6, 6.07) is 19.0. The SMILES string of the molecule is CCC(C)N1C(=O)C(C#N)=C(C)/C(=C\c2cn(-c3ccccc3)nc2-c2ccc(OC(C)C)cc2)C1=O. The first-order chi connectivity index (χ1) is 17.7. The Kier molecular flexibility index (Phi) is 7.40. The Morgan fingerprint density at radius 2 is 1.70 bits per heavy atom. The summed E-state index contributed by atoms with van der Waals surface area (Å²) >= 11 is 0. The van der Waals surface area contributed by atoms with E-state index in [1.54, 1.807) is 17.7 Å². The average Bonchev–Trinajstić information content (AvgIpc) is 3.31. The van der Waals surface area contributed by atoms with Crippen LogP contribution in [0.15, 0.2) is 77.5 Å². The van der Waals surface area contributed by atoms with E-state index in [9.17, 15) is 14.9 Å². The van der Waals surface area contributed by atoms with Crippen LogP contribution in [0.25, 0.3) is 23.0 Å². The molecule has 0 spiro atoms. The lowest BCUT2D eigenvalue weighted by atomic mass is 9.92. The van der Waals surface area contributed by atoms with Crippen molar-refractivity contribution in [3.8, 4) is 28.8 Å². The van der Waals surface area contributed by atoms with Gasteiger partial charge in [-0.2, -0.15) is 10.4 Å². The van der Waals surface area contributed by atoms with Gasteiger partial charge in [0.1, 0.15) is 17.4 Å². The first-order valence-electron chi connectivity index (χ1n) is 12.4. The number of para-hydroxylation sites is 1. The van der Waals surface area contributed by atoms with Gasteiger partial charge in [0, 0.05) is 28.9 Å². The second kappa shape index (κ2) is 10.7. The summed E-state index contributed by atoms with van der Waals surface area (Å²) in [5.41, 5.74) is 3.74. The Morgan fingerprint density at radius 3 is 2.30 bits per heavy atom. The number of imide groups is 1. The van der Waals surface area contributed by atoms with Gasteiger partial charge in [-0.05, 0) is 82.2 Å². The number of ether oxygens (including phenoxy) is 1. The molecule has 7 nitrogen and oxygen atoms in total. The lowest BCUT2D eigenvalue weighted by Crippen LogP contribution is -2.47. The highest BCUT2D eigenvalue weighted by Crippen LogP contribution is 2.32. The molecular weight excluding hydrogens is 464 g/mol. The molecule has 1 aliphatic heterocycles. The Balaban J connectivity index is 1.88. The molecule has 0 N–H and O–H groups in total. The minimum atomic E-state index is -0.544. The van der Waals surface area contributed by atoms with Crippen molar-refractivity contribution >= 4 is 17.9 Å². The van der Waals surface area contributed by atoms with Crippen LogP contribution in [0.4, 0.5) is 0 Å². The molecule has 0 bridgehead atoms. The predicted octanol–water partition coefficient (Wildman–Crippen LogP) is 5.72. The monoisotopic (exact) mass is 494 g/mol. The van der Waals surface area contributed by atoms with Crippen LogP contribution in [0.2, 0.25) is 0 Å². The summed E-state index contributed by atoms with van der Waals surface area (Å²) in [6.07, 6.45) is 4.23. The maximum atomic E-state index is 13.5. The van der Waals surface area contributed by atoms with Gasteiger partial charge in [0.15, 0.2) is 0 Å². The lowest BCUT2D eigenvalue weighted by molar-refractivity contribution is -0.142. The normalized spacial score (nSPS) is 15.9. The Hall–Kier alpha value is -4.44. The standard InChI is InChI=1S/C30H30N4O3/c1-6-20(4)34-29(35)26(21(5)27(17-31)30(34)36)16-23-18-33(24-10-8-7-9-11-24)32-28(23)22-12-14-25(15-13-22)37-19(2)3/h7-16,18-20H,6H2,1-5H3/b26-16+. The maximum Gasteiger partial charge on any atom is 0.271 e. The van der Waals surface area contributed by atoms with Gasteiger partial charge in [0.25, 0.3) is 11.8 Å². The van der Waals surface area contributed by atoms with Crippen LogP contribution in [-0.2, 0) is 9.59 Å². The highest BCUT2D eigenvalue weighted by atomic mass is 16.5. The molecule has 2 aromatic carbocycles. The number of nitriles is 1. The first-order valence-corrected chi connectivity index (χ1v) is 12.4. The number of aromatic nitrogens is 2.